The lowest BCUT2D eigenvalue weighted by Crippen LogP contribution is -2.53. The Morgan fingerprint density at radius 1 is 1.57 bits per heavy atom. The Labute approximate surface area is 84.7 Å². The van der Waals surface area contributed by atoms with Crippen LogP contribution in [0.25, 0.3) is 0 Å². The first-order chi connectivity index (χ1) is 6.75. The van der Waals surface area contributed by atoms with Crippen LogP contribution in [0.5, 0.6) is 0 Å². The van der Waals surface area contributed by atoms with Gasteiger partial charge in [0.05, 0.1) is 6.20 Å². The Balaban J connectivity index is 1.95. The van der Waals surface area contributed by atoms with E-state index in [-0.39, 0.29) is 0 Å². The molecule has 78 valence electrons. The van der Waals surface area contributed by atoms with Gasteiger partial charge >= 0.3 is 0 Å². The van der Waals surface area contributed by atoms with Crippen LogP contribution in [0.3, 0.4) is 0 Å². The van der Waals surface area contributed by atoms with Crippen LogP contribution in [0.2, 0.25) is 0 Å². The number of aromatic amines is 1. The lowest BCUT2D eigenvalue weighted by Gasteiger charge is -2.37. The second-order valence-electron chi connectivity index (χ2n) is 4.19. The summed E-state index contributed by atoms with van der Waals surface area (Å²) in [6, 6.07) is 1.21. The maximum absolute atomic E-state index is 3.96. The SMILES string of the molecule is C[C@@H]1CN[C@@H](C)CN1Cc1cn[nH]c1. The summed E-state index contributed by atoms with van der Waals surface area (Å²) in [6.45, 7) is 7.70. The van der Waals surface area contributed by atoms with Gasteiger partial charge in [-0.25, -0.2) is 0 Å². The van der Waals surface area contributed by atoms with Gasteiger partial charge in [-0.3, -0.25) is 10.00 Å². The normalized spacial score (nSPS) is 29.3. The van der Waals surface area contributed by atoms with Gasteiger partial charge < -0.3 is 5.32 Å². The van der Waals surface area contributed by atoms with E-state index < -0.39 is 0 Å². The number of hydrogen-bond donors (Lipinski definition) is 2. The van der Waals surface area contributed by atoms with Gasteiger partial charge in [-0.05, 0) is 13.8 Å². The molecule has 0 radical (unpaired) electrons. The second-order valence-corrected chi connectivity index (χ2v) is 4.19. The van der Waals surface area contributed by atoms with E-state index in [9.17, 15) is 0 Å². The Hall–Kier alpha value is -0.870. The minimum absolute atomic E-state index is 0.595. The molecule has 0 aliphatic carbocycles. The minimum atomic E-state index is 0.595. The highest BCUT2D eigenvalue weighted by Crippen LogP contribution is 2.10. The highest BCUT2D eigenvalue weighted by atomic mass is 15.2. The van der Waals surface area contributed by atoms with Gasteiger partial charge in [0.2, 0.25) is 0 Å². The fraction of sp³-hybridized carbons (Fsp3) is 0.700. The van der Waals surface area contributed by atoms with E-state index in [1.807, 2.05) is 12.4 Å². The predicted molar refractivity (Wildman–Crippen MR) is 55.9 cm³/mol. The number of hydrogen-bond acceptors (Lipinski definition) is 3. The van der Waals surface area contributed by atoms with E-state index in [1.54, 1.807) is 0 Å². The zero-order valence-corrected chi connectivity index (χ0v) is 8.83. The molecule has 0 spiro atoms. The maximum atomic E-state index is 3.96. The maximum Gasteiger partial charge on any atom is 0.0532 e. The van der Waals surface area contributed by atoms with Crippen LogP contribution in [0, 0.1) is 0 Å². The van der Waals surface area contributed by atoms with Crippen molar-refractivity contribution in [1.82, 2.24) is 20.4 Å². The summed E-state index contributed by atoms with van der Waals surface area (Å²) < 4.78 is 0. The number of nitrogens with one attached hydrogen (secondary N) is 2. The van der Waals surface area contributed by atoms with Crippen molar-refractivity contribution >= 4 is 0 Å². The summed E-state index contributed by atoms with van der Waals surface area (Å²) >= 11 is 0. The van der Waals surface area contributed by atoms with Crippen LogP contribution in [0.4, 0.5) is 0 Å². The van der Waals surface area contributed by atoms with E-state index >= 15 is 0 Å². The van der Waals surface area contributed by atoms with Crippen molar-refractivity contribution in [2.45, 2.75) is 32.5 Å². The fourth-order valence-electron chi connectivity index (χ4n) is 1.92. The molecular formula is C10H18N4. The molecule has 1 fully saturated rings. The number of aromatic nitrogens is 2. The molecular weight excluding hydrogens is 176 g/mol. The van der Waals surface area contributed by atoms with E-state index in [4.69, 9.17) is 0 Å². The van der Waals surface area contributed by atoms with Crippen molar-refractivity contribution in [3.63, 3.8) is 0 Å². The van der Waals surface area contributed by atoms with Crippen LogP contribution in [-0.4, -0.2) is 40.3 Å². The standard InChI is InChI=1S/C10H18N4/c1-8-6-14(9(2)3-11-8)7-10-4-12-13-5-10/h4-5,8-9,11H,3,6-7H2,1-2H3,(H,12,13)/t8-,9+/m0/s1. The molecule has 0 aromatic carbocycles. The molecule has 2 N–H and O–H groups in total. The van der Waals surface area contributed by atoms with Gasteiger partial charge in [0, 0.05) is 43.5 Å². The minimum Gasteiger partial charge on any atom is -0.311 e. The van der Waals surface area contributed by atoms with Crippen LogP contribution in [-0.2, 0) is 6.54 Å². The molecule has 14 heavy (non-hydrogen) atoms. The third-order valence-electron chi connectivity index (χ3n) is 2.83. The summed E-state index contributed by atoms with van der Waals surface area (Å²) in [7, 11) is 0. The van der Waals surface area contributed by atoms with Crippen molar-refractivity contribution in [3.05, 3.63) is 18.0 Å². The third-order valence-corrected chi connectivity index (χ3v) is 2.83. The second kappa shape index (κ2) is 4.11. The van der Waals surface area contributed by atoms with Crippen molar-refractivity contribution in [1.29, 1.82) is 0 Å². The molecule has 1 saturated heterocycles. The Morgan fingerprint density at radius 2 is 2.43 bits per heavy atom. The molecule has 1 aliphatic rings. The summed E-state index contributed by atoms with van der Waals surface area (Å²) in [6.07, 6.45) is 3.87. The molecule has 1 aliphatic heterocycles. The van der Waals surface area contributed by atoms with E-state index in [0.717, 1.165) is 19.6 Å². The first-order valence-corrected chi connectivity index (χ1v) is 5.21. The van der Waals surface area contributed by atoms with E-state index in [1.165, 1.54) is 5.56 Å². The smallest absolute Gasteiger partial charge is 0.0532 e. The molecule has 0 amide bonds. The van der Waals surface area contributed by atoms with Gasteiger partial charge in [0.25, 0.3) is 0 Å². The molecule has 0 saturated carbocycles. The fourth-order valence-corrected chi connectivity index (χ4v) is 1.92. The molecule has 1 aromatic rings. The van der Waals surface area contributed by atoms with Crippen molar-refractivity contribution in [3.8, 4) is 0 Å². The van der Waals surface area contributed by atoms with Gasteiger partial charge in [0.1, 0.15) is 0 Å². The van der Waals surface area contributed by atoms with Crippen LogP contribution in [0.1, 0.15) is 19.4 Å². The largest absolute Gasteiger partial charge is 0.311 e. The summed E-state index contributed by atoms with van der Waals surface area (Å²) in [5, 5.41) is 10.3. The van der Waals surface area contributed by atoms with Crippen LogP contribution >= 0.6 is 0 Å². The average molecular weight is 194 g/mol. The lowest BCUT2D eigenvalue weighted by atomic mass is 10.1. The van der Waals surface area contributed by atoms with Crippen molar-refractivity contribution < 1.29 is 0 Å². The number of nitrogens with zero attached hydrogens (tertiary/aromatic N) is 2. The first kappa shape index (κ1) is 9.68. The predicted octanol–water partition coefficient (Wildman–Crippen LogP) is 0.592. The average Bonchev–Trinajstić information content (AvgIpc) is 2.64. The Morgan fingerprint density at radius 3 is 3.14 bits per heavy atom. The third kappa shape index (κ3) is 2.13. The molecule has 0 bridgehead atoms. The van der Waals surface area contributed by atoms with E-state index in [2.05, 4.69) is 34.3 Å². The van der Waals surface area contributed by atoms with Gasteiger partial charge in [0.15, 0.2) is 0 Å². The lowest BCUT2D eigenvalue weighted by molar-refractivity contribution is 0.139. The quantitative estimate of drug-likeness (QED) is 0.724. The molecule has 0 unspecified atom stereocenters. The molecule has 4 nitrogen and oxygen atoms in total. The molecule has 1 aromatic heterocycles. The highest BCUT2D eigenvalue weighted by Gasteiger charge is 2.22. The molecule has 4 heteroatoms. The van der Waals surface area contributed by atoms with Crippen LogP contribution in [0.15, 0.2) is 12.4 Å². The zero-order chi connectivity index (χ0) is 9.97. The van der Waals surface area contributed by atoms with E-state index in [0.29, 0.717) is 12.1 Å². The van der Waals surface area contributed by atoms with Crippen molar-refractivity contribution in [2.75, 3.05) is 13.1 Å². The number of piperazine rings is 1. The topological polar surface area (TPSA) is 44.0 Å². The summed E-state index contributed by atoms with van der Waals surface area (Å²) in [4.78, 5) is 2.49. The van der Waals surface area contributed by atoms with Gasteiger partial charge in [-0.2, -0.15) is 5.10 Å². The van der Waals surface area contributed by atoms with Gasteiger partial charge in [-0.15, -0.1) is 0 Å². The summed E-state index contributed by atoms with van der Waals surface area (Å²) in [5.74, 6) is 0. The molecule has 2 heterocycles. The first-order valence-electron chi connectivity index (χ1n) is 5.21. The Kier molecular flexibility index (Phi) is 2.84. The molecule has 2 rings (SSSR count). The highest BCUT2D eigenvalue weighted by molar-refractivity contribution is 5.03. The monoisotopic (exact) mass is 194 g/mol. The van der Waals surface area contributed by atoms with Crippen molar-refractivity contribution in [2.24, 2.45) is 0 Å². The van der Waals surface area contributed by atoms with Crippen LogP contribution < -0.4 is 5.32 Å². The summed E-state index contributed by atoms with van der Waals surface area (Å²) in [5.41, 5.74) is 1.27. The zero-order valence-electron chi connectivity index (χ0n) is 8.83. The molecule has 2 atom stereocenters. The van der Waals surface area contributed by atoms with Gasteiger partial charge in [-0.1, -0.05) is 0 Å². The number of rotatable bonds is 2. The number of H-pyrrole nitrogens is 1. The Bertz CT molecular complexity index is 270.